The van der Waals surface area contributed by atoms with Gasteiger partial charge in [0, 0.05) is 13.0 Å². The van der Waals surface area contributed by atoms with Crippen LogP contribution in [-0.2, 0) is 4.79 Å². The molecule has 0 aliphatic carbocycles. The number of hydrogen-bond acceptors (Lipinski definition) is 3. The maximum Gasteiger partial charge on any atom is 0.245 e. The highest BCUT2D eigenvalue weighted by atomic mass is 16.5. The zero-order valence-electron chi connectivity index (χ0n) is 15.9. The first-order valence-electron chi connectivity index (χ1n) is 9.94. The minimum Gasteiger partial charge on any atom is -0.393 e. The Morgan fingerprint density at radius 3 is 2.33 bits per heavy atom. The molecule has 0 aromatic carbocycles. The maximum absolute atomic E-state index is 11.4. The Bertz CT molecular complexity index is 318. The van der Waals surface area contributed by atoms with Crippen molar-refractivity contribution in [3.05, 3.63) is 12.2 Å². The van der Waals surface area contributed by atoms with Gasteiger partial charge in [-0.1, -0.05) is 64.0 Å². The molecule has 0 spiro atoms. The Hall–Kier alpha value is -0.870. The van der Waals surface area contributed by atoms with Crippen molar-refractivity contribution in [3.8, 4) is 0 Å². The molecule has 4 heteroatoms. The van der Waals surface area contributed by atoms with Gasteiger partial charge < -0.3 is 5.11 Å². The van der Waals surface area contributed by atoms with Gasteiger partial charge in [0.15, 0.2) is 0 Å². The summed E-state index contributed by atoms with van der Waals surface area (Å²) in [7, 11) is 0. The van der Waals surface area contributed by atoms with Gasteiger partial charge in [-0.2, -0.15) is 0 Å². The summed E-state index contributed by atoms with van der Waals surface area (Å²) >= 11 is 0. The molecule has 0 unspecified atom stereocenters. The number of nitrogens with zero attached hydrogens (tertiary/aromatic N) is 1. The number of hydroxylamine groups is 2. The highest BCUT2D eigenvalue weighted by Gasteiger charge is 2.07. The van der Waals surface area contributed by atoms with E-state index in [4.69, 9.17) is 0 Å². The Balaban J connectivity index is 3.36. The molecule has 142 valence electrons. The van der Waals surface area contributed by atoms with E-state index in [2.05, 4.69) is 19.1 Å². The van der Waals surface area contributed by atoms with Crippen LogP contribution < -0.4 is 0 Å². The Morgan fingerprint density at radius 1 is 0.958 bits per heavy atom. The summed E-state index contributed by atoms with van der Waals surface area (Å²) in [6, 6.07) is 0. The average molecular weight is 342 g/mol. The number of rotatable bonds is 16. The van der Waals surface area contributed by atoms with E-state index >= 15 is 0 Å². The van der Waals surface area contributed by atoms with E-state index < -0.39 is 0 Å². The fourth-order valence-corrected chi connectivity index (χ4v) is 2.67. The van der Waals surface area contributed by atoms with Gasteiger partial charge in [-0.05, 0) is 39.0 Å². The van der Waals surface area contributed by atoms with Crippen molar-refractivity contribution < 1.29 is 15.1 Å². The second-order valence-electron chi connectivity index (χ2n) is 6.63. The van der Waals surface area contributed by atoms with Gasteiger partial charge >= 0.3 is 0 Å². The zero-order chi connectivity index (χ0) is 18.0. The van der Waals surface area contributed by atoms with E-state index in [1.807, 2.05) is 0 Å². The van der Waals surface area contributed by atoms with Crippen LogP contribution in [0.1, 0.15) is 97.3 Å². The minimum absolute atomic E-state index is 0.173. The monoisotopic (exact) mass is 341 g/mol. The molecule has 0 rings (SSSR count). The van der Waals surface area contributed by atoms with Gasteiger partial charge in [0.1, 0.15) is 0 Å². The van der Waals surface area contributed by atoms with E-state index in [1.165, 1.54) is 25.7 Å². The standard InChI is InChI=1S/C20H39NO3/c1-3-5-6-13-16-19(22)17-14-11-9-7-8-10-12-15-18-20(23)21(24)4-2/h11,14,19,22,24H,3-10,12-13,15-18H2,1-2H3/t19-/m1/s1. The van der Waals surface area contributed by atoms with Crippen LogP contribution in [0, 0.1) is 0 Å². The summed E-state index contributed by atoms with van der Waals surface area (Å²) in [5.74, 6) is -0.173. The van der Waals surface area contributed by atoms with Crippen LogP contribution in [0.4, 0.5) is 0 Å². The lowest BCUT2D eigenvalue weighted by molar-refractivity contribution is -0.164. The molecule has 0 bridgehead atoms. The number of hydrogen-bond donors (Lipinski definition) is 2. The van der Waals surface area contributed by atoms with E-state index in [0.717, 1.165) is 56.4 Å². The largest absolute Gasteiger partial charge is 0.393 e. The van der Waals surface area contributed by atoms with Crippen molar-refractivity contribution >= 4 is 5.91 Å². The second kappa shape index (κ2) is 17.0. The molecule has 0 heterocycles. The van der Waals surface area contributed by atoms with Crippen LogP contribution in [0.5, 0.6) is 0 Å². The normalized spacial score (nSPS) is 12.7. The Kier molecular flexibility index (Phi) is 16.4. The Morgan fingerprint density at radius 2 is 1.62 bits per heavy atom. The summed E-state index contributed by atoms with van der Waals surface area (Å²) in [4.78, 5) is 11.4. The number of allylic oxidation sites excluding steroid dienone is 1. The number of amides is 1. The van der Waals surface area contributed by atoms with Crippen LogP contribution in [-0.4, -0.2) is 33.9 Å². The van der Waals surface area contributed by atoms with E-state index in [1.54, 1.807) is 6.92 Å². The SMILES string of the molecule is CCCCCC[C@@H](O)CC=CCCCCCCCC(=O)N(O)CC. The average Bonchev–Trinajstić information content (AvgIpc) is 2.59. The smallest absolute Gasteiger partial charge is 0.245 e. The molecular formula is C20H39NO3. The first kappa shape index (κ1) is 23.1. The predicted octanol–water partition coefficient (Wildman–Crippen LogP) is 5.23. The fourth-order valence-electron chi connectivity index (χ4n) is 2.67. The molecule has 0 aliphatic heterocycles. The molecule has 0 aromatic rings. The maximum atomic E-state index is 11.4. The molecule has 1 amide bonds. The van der Waals surface area contributed by atoms with Crippen molar-refractivity contribution in [3.63, 3.8) is 0 Å². The Labute approximate surface area is 148 Å². The van der Waals surface area contributed by atoms with E-state index in [9.17, 15) is 15.1 Å². The molecule has 2 N–H and O–H groups in total. The fraction of sp³-hybridized carbons (Fsp3) is 0.850. The summed E-state index contributed by atoms with van der Waals surface area (Å²) in [6.07, 6.45) is 17.6. The third-order valence-electron chi connectivity index (χ3n) is 4.31. The van der Waals surface area contributed by atoms with Crippen molar-refractivity contribution in [2.24, 2.45) is 0 Å². The number of aliphatic hydroxyl groups is 1. The van der Waals surface area contributed by atoms with Gasteiger partial charge in [-0.25, -0.2) is 5.06 Å². The molecule has 4 nitrogen and oxygen atoms in total. The van der Waals surface area contributed by atoms with Gasteiger partial charge in [0.05, 0.1) is 6.10 Å². The molecule has 0 fully saturated rings. The van der Waals surface area contributed by atoms with Gasteiger partial charge in [0.25, 0.3) is 0 Å². The number of carbonyl (C=O) groups is 1. The molecule has 24 heavy (non-hydrogen) atoms. The topological polar surface area (TPSA) is 60.8 Å². The van der Waals surface area contributed by atoms with Crippen LogP contribution in [0.3, 0.4) is 0 Å². The molecule has 0 saturated heterocycles. The predicted molar refractivity (Wildman–Crippen MR) is 100 cm³/mol. The van der Waals surface area contributed by atoms with Crippen LogP contribution in [0.2, 0.25) is 0 Å². The van der Waals surface area contributed by atoms with Crippen LogP contribution >= 0.6 is 0 Å². The van der Waals surface area contributed by atoms with Crippen molar-refractivity contribution in [1.82, 2.24) is 5.06 Å². The summed E-state index contributed by atoms with van der Waals surface area (Å²) in [5.41, 5.74) is 0. The molecule has 0 radical (unpaired) electrons. The van der Waals surface area contributed by atoms with Crippen LogP contribution in [0.25, 0.3) is 0 Å². The minimum atomic E-state index is -0.176. The lowest BCUT2D eigenvalue weighted by Crippen LogP contribution is -2.26. The first-order chi connectivity index (χ1) is 11.6. The van der Waals surface area contributed by atoms with Gasteiger partial charge in [-0.3, -0.25) is 10.0 Å². The lowest BCUT2D eigenvalue weighted by atomic mass is 10.1. The highest BCUT2D eigenvalue weighted by Crippen LogP contribution is 2.10. The van der Waals surface area contributed by atoms with Crippen LogP contribution in [0.15, 0.2) is 12.2 Å². The molecule has 0 saturated carbocycles. The van der Waals surface area contributed by atoms with Crippen molar-refractivity contribution in [2.45, 2.75) is 103 Å². The van der Waals surface area contributed by atoms with Gasteiger partial charge in [-0.15, -0.1) is 0 Å². The number of unbranched alkanes of at least 4 members (excludes halogenated alkanes) is 8. The van der Waals surface area contributed by atoms with Gasteiger partial charge in [0.2, 0.25) is 5.91 Å². The summed E-state index contributed by atoms with van der Waals surface area (Å²) in [6.45, 7) is 4.32. The number of carbonyl (C=O) groups excluding carboxylic acids is 1. The summed E-state index contributed by atoms with van der Waals surface area (Å²) < 4.78 is 0. The van der Waals surface area contributed by atoms with E-state index in [0.29, 0.717) is 13.0 Å². The number of aliphatic hydroxyl groups excluding tert-OH is 1. The summed E-state index contributed by atoms with van der Waals surface area (Å²) in [5, 5.41) is 19.9. The zero-order valence-corrected chi connectivity index (χ0v) is 15.9. The third kappa shape index (κ3) is 14.7. The molecule has 0 aromatic heterocycles. The molecule has 1 atom stereocenters. The lowest BCUT2D eigenvalue weighted by Gasteiger charge is -2.11. The van der Waals surface area contributed by atoms with Crippen molar-refractivity contribution in [2.75, 3.05) is 6.54 Å². The second-order valence-corrected chi connectivity index (χ2v) is 6.63. The quantitative estimate of drug-likeness (QED) is 0.175. The first-order valence-corrected chi connectivity index (χ1v) is 9.94. The third-order valence-corrected chi connectivity index (χ3v) is 4.31. The van der Waals surface area contributed by atoms with E-state index in [-0.39, 0.29) is 12.0 Å². The van der Waals surface area contributed by atoms with Crippen molar-refractivity contribution in [1.29, 1.82) is 0 Å². The molecule has 0 aliphatic rings. The highest BCUT2D eigenvalue weighted by molar-refractivity contribution is 5.74. The molecular weight excluding hydrogens is 302 g/mol.